The first kappa shape index (κ1) is 20.0. The molecule has 2 rings (SSSR count). The van der Waals surface area contributed by atoms with E-state index in [4.69, 9.17) is 21.8 Å². The zero-order chi connectivity index (χ0) is 16.8. The van der Waals surface area contributed by atoms with Crippen molar-refractivity contribution in [3.05, 3.63) is 23.3 Å². The first-order chi connectivity index (χ1) is 10.4. The van der Waals surface area contributed by atoms with Gasteiger partial charge in [0.2, 0.25) is 0 Å². The van der Waals surface area contributed by atoms with Gasteiger partial charge in [-0.1, -0.05) is 20.8 Å². The van der Waals surface area contributed by atoms with Crippen LogP contribution >= 0.6 is 17.0 Å². The molecule has 0 bridgehead atoms. The van der Waals surface area contributed by atoms with Crippen molar-refractivity contribution in [1.82, 2.24) is 0 Å². The van der Waals surface area contributed by atoms with E-state index >= 15 is 0 Å². The van der Waals surface area contributed by atoms with Gasteiger partial charge in [0.1, 0.15) is 11.5 Å². The molecule has 1 N–H and O–H groups in total. The Bertz CT molecular complexity index is 517. The van der Waals surface area contributed by atoms with Gasteiger partial charge in [0.05, 0.1) is 13.2 Å². The van der Waals surface area contributed by atoms with Crippen LogP contribution in [0.4, 0.5) is 0 Å². The Kier molecular flexibility index (Phi) is 8.45. The molecule has 3 nitrogen and oxygen atoms in total. The second kappa shape index (κ2) is 9.30. The van der Waals surface area contributed by atoms with Gasteiger partial charge < -0.3 is 9.84 Å². The molecule has 6 heteroatoms. The van der Waals surface area contributed by atoms with Crippen molar-refractivity contribution in [1.29, 1.82) is 0 Å². The van der Waals surface area contributed by atoms with E-state index in [2.05, 4.69) is 25.8 Å². The summed E-state index contributed by atoms with van der Waals surface area (Å²) in [6.07, 6.45) is 5.06. The van der Waals surface area contributed by atoms with Crippen molar-refractivity contribution in [2.24, 2.45) is 4.99 Å². The molecule has 122 valence electrons. The summed E-state index contributed by atoms with van der Waals surface area (Å²) in [5.74, 6) is 1.10. The maximum absolute atomic E-state index is 10.5. The third-order valence-corrected chi connectivity index (χ3v) is 3.93. The quantitative estimate of drug-likeness (QED) is 0.674. The number of benzene rings is 1. The predicted octanol–water partition coefficient (Wildman–Crippen LogP) is 5.05. The van der Waals surface area contributed by atoms with Crippen molar-refractivity contribution in [2.75, 3.05) is 7.11 Å². The number of nitrogens with zero attached hydrogens (tertiary/aromatic N) is 1. The number of methoxy groups -OCH3 is 1. The monoisotopic (exact) mass is 421 g/mol. The van der Waals surface area contributed by atoms with E-state index in [0.717, 1.165) is 36.1 Å². The van der Waals surface area contributed by atoms with Crippen LogP contribution in [0.1, 0.15) is 51.2 Å². The fourth-order valence-electron chi connectivity index (χ4n) is 1.96. The van der Waals surface area contributed by atoms with Crippen LogP contribution in [-0.2, 0) is 26.3 Å². The minimum atomic E-state index is -0.826. The molecule has 0 saturated heterocycles. The molecular weight excluding hydrogens is 400 g/mol. The van der Waals surface area contributed by atoms with Gasteiger partial charge in [0.15, 0.2) is 0 Å². The SMILES string of the molecule is CCC(C)(C)c1cc(OC)cc(C=NC2CC2)c1O.[Cl][Zr][Cl]. The number of halogens is 2. The molecule has 0 unspecified atom stereocenters. The van der Waals surface area contributed by atoms with Gasteiger partial charge in [-0.15, -0.1) is 0 Å². The third-order valence-electron chi connectivity index (χ3n) is 3.93. The van der Waals surface area contributed by atoms with Gasteiger partial charge in [0.25, 0.3) is 0 Å². The summed E-state index contributed by atoms with van der Waals surface area (Å²) >= 11 is -0.826. The van der Waals surface area contributed by atoms with E-state index in [0.29, 0.717) is 11.8 Å². The average Bonchev–Trinajstić information content (AvgIpc) is 3.31. The van der Waals surface area contributed by atoms with E-state index in [1.54, 1.807) is 13.3 Å². The zero-order valence-electron chi connectivity index (χ0n) is 13.5. The number of hydrogen-bond donors (Lipinski definition) is 1. The molecule has 1 fully saturated rings. The number of hydrogen-bond acceptors (Lipinski definition) is 3. The Morgan fingerprint density at radius 1 is 1.41 bits per heavy atom. The second-order valence-electron chi connectivity index (χ2n) is 5.93. The van der Waals surface area contributed by atoms with Crippen LogP contribution < -0.4 is 4.74 Å². The summed E-state index contributed by atoms with van der Waals surface area (Å²) in [5.41, 5.74) is 1.59. The topological polar surface area (TPSA) is 41.8 Å². The molecule has 1 aromatic carbocycles. The standard InChI is InChI=1S/C16H23NO2.2ClH.Zr/c1-5-16(2,3)14-9-13(19-4)8-11(15(14)18)10-17-12-6-7-12;;;/h8-10,12,18H,5-7H2,1-4H3;2*1H;/q;;;+2/p-2. The van der Waals surface area contributed by atoms with Crippen molar-refractivity contribution in [3.63, 3.8) is 0 Å². The second-order valence-corrected chi connectivity index (χ2v) is 9.66. The van der Waals surface area contributed by atoms with Gasteiger partial charge in [0, 0.05) is 17.3 Å². The maximum atomic E-state index is 10.5. The van der Waals surface area contributed by atoms with Gasteiger partial charge >= 0.3 is 37.9 Å². The number of phenolic OH excluding ortho intramolecular Hbond substituents is 1. The third kappa shape index (κ3) is 5.87. The van der Waals surface area contributed by atoms with Crippen LogP contribution in [-0.4, -0.2) is 24.5 Å². The molecule has 1 aliphatic rings. The Balaban J connectivity index is 0.000000745. The molecule has 0 aromatic heterocycles. The first-order valence-electron chi connectivity index (χ1n) is 7.30. The normalized spacial score (nSPS) is 14.5. The molecule has 0 atom stereocenters. The van der Waals surface area contributed by atoms with Crippen LogP contribution in [0.5, 0.6) is 11.5 Å². The molecule has 0 aliphatic heterocycles. The summed E-state index contributed by atoms with van der Waals surface area (Å²) in [7, 11) is 11.5. The van der Waals surface area contributed by atoms with Crippen LogP contribution in [0.15, 0.2) is 17.1 Å². The van der Waals surface area contributed by atoms with Crippen LogP contribution in [0.25, 0.3) is 0 Å². The molecule has 0 radical (unpaired) electrons. The van der Waals surface area contributed by atoms with Gasteiger partial charge in [-0.3, -0.25) is 4.99 Å². The van der Waals surface area contributed by atoms with Crippen molar-refractivity contribution in [3.8, 4) is 11.5 Å². The Morgan fingerprint density at radius 3 is 2.45 bits per heavy atom. The van der Waals surface area contributed by atoms with E-state index in [1.807, 2.05) is 12.1 Å². The summed E-state index contributed by atoms with van der Waals surface area (Å²) in [6.45, 7) is 6.38. The molecule has 1 aromatic rings. The first-order valence-corrected chi connectivity index (χ1v) is 13.6. The molecule has 0 heterocycles. The van der Waals surface area contributed by atoms with E-state index in [9.17, 15) is 5.11 Å². The Morgan fingerprint density at radius 2 is 2.00 bits per heavy atom. The average molecular weight is 423 g/mol. The molecule has 0 spiro atoms. The van der Waals surface area contributed by atoms with Crippen molar-refractivity contribution < 1.29 is 30.7 Å². The van der Waals surface area contributed by atoms with E-state index in [1.165, 1.54) is 0 Å². The molecular formula is C16H23Cl2NO2Zr. The van der Waals surface area contributed by atoms with E-state index < -0.39 is 20.8 Å². The summed E-state index contributed by atoms with van der Waals surface area (Å²) in [4.78, 5) is 4.45. The summed E-state index contributed by atoms with van der Waals surface area (Å²) in [6, 6.07) is 4.22. The minimum absolute atomic E-state index is 0.0825. The fourth-order valence-corrected chi connectivity index (χ4v) is 1.96. The van der Waals surface area contributed by atoms with Crippen LogP contribution in [0.3, 0.4) is 0 Å². The molecule has 0 amide bonds. The van der Waals surface area contributed by atoms with Gasteiger partial charge in [-0.05, 0) is 36.8 Å². The van der Waals surface area contributed by atoms with Crippen molar-refractivity contribution >= 4 is 23.2 Å². The van der Waals surface area contributed by atoms with E-state index in [-0.39, 0.29) is 5.41 Å². The van der Waals surface area contributed by atoms with Crippen LogP contribution in [0, 0.1) is 0 Å². The van der Waals surface area contributed by atoms with Crippen molar-refractivity contribution in [2.45, 2.75) is 51.5 Å². The number of rotatable bonds is 5. The number of aliphatic imine (C=N–C) groups is 1. The zero-order valence-corrected chi connectivity index (χ0v) is 17.5. The number of ether oxygens (including phenoxy) is 1. The Hall–Kier alpha value is -0.0469. The van der Waals surface area contributed by atoms with Crippen LogP contribution in [0.2, 0.25) is 0 Å². The number of phenols is 1. The molecule has 22 heavy (non-hydrogen) atoms. The fraction of sp³-hybridized carbons (Fsp3) is 0.562. The Labute approximate surface area is 151 Å². The summed E-state index contributed by atoms with van der Waals surface area (Å²) in [5, 5.41) is 10.5. The molecule has 1 aliphatic carbocycles. The predicted molar refractivity (Wildman–Crippen MR) is 90.3 cm³/mol. The van der Waals surface area contributed by atoms with Gasteiger partial charge in [-0.2, -0.15) is 0 Å². The van der Waals surface area contributed by atoms with Gasteiger partial charge in [-0.25, -0.2) is 0 Å². The summed E-state index contributed by atoms with van der Waals surface area (Å²) < 4.78 is 5.34. The number of aromatic hydroxyl groups is 1. The molecule has 1 saturated carbocycles.